The van der Waals surface area contributed by atoms with E-state index in [4.69, 9.17) is 14.2 Å². The minimum absolute atomic E-state index is 0.196. The summed E-state index contributed by atoms with van der Waals surface area (Å²) in [4.78, 5) is 7.51. The number of hydrogen-bond donors (Lipinski definition) is 2. The maximum absolute atomic E-state index is 5.94. The predicted molar refractivity (Wildman–Crippen MR) is 140 cm³/mol. The third-order valence-corrected chi connectivity index (χ3v) is 6.27. The molecular formula is C28H21N7O3. The number of fused-ring (bicyclic) bond motifs is 2. The van der Waals surface area contributed by atoms with Crippen molar-refractivity contribution < 1.29 is 14.2 Å². The molecule has 10 nitrogen and oxygen atoms in total. The van der Waals surface area contributed by atoms with Gasteiger partial charge in [0.25, 0.3) is 0 Å². The van der Waals surface area contributed by atoms with Crippen LogP contribution in [0.5, 0.6) is 23.0 Å². The van der Waals surface area contributed by atoms with Crippen molar-refractivity contribution >= 4 is 16.7 Å². The van der Waals surface area contributed by atoms with Gasteiger partial charge in [-0.25, -0.2) is 4.98 Å². The molecule has 1 aliphatic rings. The Labute approximate surface area is 216 Å². The molecule has 38 heavy (non-hydrogen) atoms. The van der Waals surface area contributed by atoms with E-state index >= 15 is 0 Å². The van der Waals surface area contributed by atoms with Crippen molar-refractivity contribution in [1.29, 1.82) is 0 Å². The summed E-state index contributed by atoms with van der Waals surface area (Å²) >= 11 is 0. The van der Waals surface area contributed by atoms with E-state index in [2.05, 4.69) is 30.8 Å². The average Bonchev–Trinajstić information content (AvgIpc) is 3.73. The van der Waals surface area contributed by atoms with Crippen molar-refractivity contribution in [2.45, 2.75) is 6.04 Å². The van der Waals surface area contributed by atoms with Gasteiger partial charge >= 0.3 is 0 Å². The van der Waals surface area contributed by atoms with E-state index in [0.717, 1.165) is 33.7 Å². The second-order valence-corrected chi connectivity index (χ2v) is 8.68. The summed E-state index contributed by atoms with van der Waals surface area (Å²) < 4.78 is 18.8. The van der Waals surface area contributed by atoms with Gasteiger partial charge in [-0.3, -0.25) is 0 Å². The Balaban J connectivity index is 1.25. The maximum atomic E-state index is 5.94. The second kappa shape index (κ2) is 9.25. The molecule has 3 heterocycles. The first-order valence-electron chi connectivity index (χ1n) is 12.0. The van der Waals surface area contributed by atoms with Crippen LogP contribution in [0, 0.1) is 0 Å². The quantitative estimate of drug-likeness (QED) is 0.303. The highest BCUT2D eigenvalue weighted by molar-refractivity contribution is 5.79. The van der Waals surface area contributed by atoms with E-state index in [0.29, 0.717) is 23.1 Å². The SMILES string of the molecule is c1ccc(Oc2ccc(-n3nnnc3C(Nc3ccc4[nH]cnc4c3)c3ccc4c(c3)OCO4)cc2)cc1. The van der Waals surface area contributed by atoms with E-state index in [1.807, 2.05) is 91.0 Å². The minimum Gasteiger partial charge on any atom is -0.457 e. The standard InChI is InChI=1S/C28H21N7O3/c1-2-4-21(5-3-1)38-22-10-8-20(9-11-22)35-28(32-33-34-35)27(18-6-13-25-26(14-18)37-17-36-25)31-19-7-12-23-24(15-19)30-16-29-23/h1-16,27,31H,17H2,(H,29,30). The molecule has 0 saturated heterocycles. The molecule has 0 spiro atoms. The fourth-order valence-electron chi connectivity index (χ4n) is 4.42. The Morgan fingerprint density at radius 2 is 1.71 bits per heavy atom. The van der Waals surface area contributed by atoms with Crippen LogP contribution in [0.15, 0.2) is 97.3 Å². The van der Waals surface area contributed by atoms with Crippen molar-refractivity contribution in [2.24, 2.45) is 0 Å². The normalized spacial score (nSPS) is 12.9. The average molecular weight is 504 g/mol. The number of ether oxygens (including phenoxy) is 3. The lowest BCUT2D eigenvalue weighted by Gasteiger charge is -2.20. The number of nitrogens with one attached hydrogen (secondary N) is 2. The molecule has 186 valence electrons. The van der Waals surface area contributed by atoms with Crippen LogP contribution in [-0.2, 0) is 0 Å². The Hall–Kier alpha value is -5.38. The van der Waals surface area contributed by atoms with Crippen LogP contribution in [0.2, 0.25) is 0 Å². The molecule has 4 aromatic carbocycles. The highest BCUT2D eigenvalue weighted by atomic mass is 16.7. The zero-order valence-corrected chi connectivity index (χ0v) is 20.0. The number of hydrogen-bond acceptors (Lipinski definition) is 8. The van der Waals surface area contributed by atoms with Crippen molar-refractivity contribution in [3.63, 3.8) is 0 Å². The van der Waals surface area contributed by atoms with Gasteiger partial charge in [0.15, 0.2) is 17.3 Å². The number of H-pyrrole nitrogens is 1. The summed E-state index contributed by atoms with van der Waals surface area (Å²) in [5.41, 5.74) is 4.39. The van der Waals surface area contributed by atoms with Crippen LogP contribution in [0.1, 0.15) is 17.4 Å². The summed E-state index contributed by atoms with van der Waals surface area (Å²) in [5.74, 6) is 3.47. The van der Waals surface area contributed by atoms with Gasteiger partial charge in [-0.15, -0.1) is 5.10 Å². The van der Waals surface area contributed by atoms with Gasteiger partial charge in [0.1, 0.15) is 17.5 Å². The number of imidazole rings is 1. The van der Waals surface area contributed by atoms with Crippen molar-refractivity contribution in [1.82, 2.24) is 30.2 Å². The van der Waals surface area contributed by atoms with Crippen LogP contribution in [-0.4, -0.2) is 37.0 Å². The minimum atomic E-state index is -0.406. The topological polar surface area (TPSA) is 112 Å². The van der Waals surface area contributed by atoms with Gasteiger partial charge in [-0.05, 0) is 82.7 Å². The fraction of sp³-hybridized carbons (Fsp3) is 0.0714. The van der Waals surface area contributed by atoms with Crippen molar-refractivity contribution in [3.05, 3.63) is 109 Å². The number of nitrogens with zero attached hydrogens (tertiary/aromatic N) is 5. The molecular weight excluding hydrogens is 482 g/mol. The molecule has 1 aliphatic heterocycles. The Kier molecular flexibility index (Phi) is 5.32. The molecule has 10 heteroatoms. The van der Waals surface area contributed by atoms with E-state index < -0.39 is 6.04 Å². The van der Waals surface area contributed by atoms with E-state index in [9.17, 15) is 0 Å². The first-order valence-corrected chi connectivity index (χ1v) is 12.0. The van der Waals surface area contributed by atoms with Crippen LogP contribution in [0.3, 0.4) is 0 Å². The first-order chi connectivity index (χ1) is 18.8. The largest absolute Gasteiger partial charge is 0.457 e. The second-order valence-electron chi connectivity index (χ2n) is 8.68. The Bertz CT molecular complexity index is 1710. The lowest BCUT2D eigenvalue weighted by molar-refractivity contribution is 0.174. The summed E-state index contributed by atoms with van der Waals surface area (Å²) in [6.07, 6.45) is 1.68. The number of benzene rings is 4. The fourth-order valence-corrected chi connectivity index (χ4v) is 4.42. The van der Waals surface area contributed by atoms with Gasteiger partial charge in [0.2, 0.25) is 6.79 Å². The molecule has 7 rings (SSSR count). The summed E-state index contributed by atoms with van der Waals surface area (Å²) in [6.45, 7) is 0.196. The highest BCUT2D eigenvalue weighted by Gasteiger charge is 2.25. The highest BCUT2D eigenvalue weighted by Crippen LogP contribution is 2.37. The molecule has 0 aliphatic carbocycles. The Morgan fingerprint density at radius 1 is 0.868 bits per heavy atom. The van der Waals surface area contributed by atoms with Crippen LogP contribution in [0.4, 0.5) is 5.69 Å². The van der Waals surface area contributed by atoms with Crippen molar-refractivity contribution in [3.8, 4) is 28.7 Å². The summed E-state index contributed by atoms with van der Waals surface area (Å²) in [7, 11) is 0. The van der Waals surface area contributed by atoms with Gasteiger partial charge in [0.05, 0.1) is 23.0 Å². The van der Waals surface area contributed by atoms with E-state index in [1.54, 1.807) is 11.0 Å². The van der Waals surface area contributed by atoms with Gasteiger partial charge in [-0.1, -0.05) is 24.3 Å². The van der Waals surface area contributed by atoms with Gasteiger partial charge in [0, 0.05) is 5.69 Å². The van der Waals surface area contributed by atoms with E-state index in [1.165, 1.54) is 0 Å². The van der Waals surface area contributed by atoms with Crippen molar-refractivity contribution in [2.75, 3.05) is 12.1 Å². The van der Waals surface area contributed by atoms with Crippen LogP contribution >= 0.6 is 0 Å². The van der Waals surface area contributed by atoms with Gasteiger partial charge in [-0.2, -0.15) is 4.68 Å². The third kappa shape index (κ3) is 4.13. The number of tetrazole rings is 1. The number of rotatable bonds is 7. The molecule has 0 bridgehead atoms. The first kappa shape index (κ1) is 21.9. The molecule has 0 saturated carbocycles. The number of anilines is 1. The summed E-state index contributed by atoms with van der Waals surface area (Å²) in [6, 6.07) is 28.6. The molecule has 2 aromatic heterocycles. The molecule has 1 atom stereocenters. The molecule has 0 fully saturated rings. The zero-order chi connectivity index (χ0) is 25.3. The Morgan fingerprint density at radius 3 is 2.61 bits per heavy atom. The van der Waals surface area contributed by atoms with E-state index in [-0.39, 0.29) is 6.79 Å². The maximum Gasteiger partial charge on any atom is 0.231 e. The van der Waals surface area contributed by atoms with Gasteiger partial charge < -0.3 is 24.5 Å². The summed E-state index contributed by atoms with van der Waals surface area (Å²) in [5, 5.41) is 16.3. The monoisotopic (exact) mass is 503 g/mol. The van der Waals surface area contributed by atoms with Crippen LogP contribution < -0.4 is 19.5 Å². The molecule has 0 radical (unpaired) electrons. The van der Waals surface area contributed by atoms with Crippen LogP contribution in [0.25, 0.3) is 16.7 Å². The lowest BCUT2D eigenvalue weighted by atomic mass is 10.0. The zero-order valence-electron chi connectivity index (χ0n) is 20.0. The molecule has 0 amide bonds. The smallest absolute Gasteiger partial charge is 0.231 e. The molecule has 6 aromatic rings. The predicted octanol–water partition coefficient (Wildman–Crippen LogP) is 5.26. The lowest BCUT2D eigenvalue weighted by Crippen LogP contribution is -2.18. The number of aromatic amines is 1. The number of aromatic nitrogens is 6. The third-order valence-electron chi connectivity index (χ3n) is 6.27. The molecule has 2 N–H and O–H groups in total. The number of para-hydroxylation sites is 1. The molecule has 1 unspecified atom stereocenters.